The molecule has 1 aliphatic carbocycles. The van der Waals surface area contributed by atoms with Gasteiger partial charge in [0.15, 0.2) is 0 Å². The van der Waals surface area contributed by atoms with Crippen molar-refractivity contribution in [2.75, 3.05) is 7.11 Å². The van der Waals surface area contributed by atoms with Crippen LogP contribution < -0.4 is 0 Å². The normalized spacial score (nSPS) is 44.8. The lowest BCUT2D eigenvalue weighted by Crippen LogP contribution is -2.56. The number of piperidine rings is 1. The molecule has 0 unspecified atom stereocenters. The number of rotatable bonds is 2. The Bertz CT molecular complexity index is 179. The molecule has 0 spiro atoms. The van der Waals surface area contributed by atoms with Crippen molar-refractivity contribution in [3.05, 3.63) is 0 Å². The average Bonchev–Trinajstić information content (AvgIpc) is 2.08. The minimum Gasteiger partial charge on any atom is -0.381 e. The SMILES string of the molecule is COC1CC(N2[C@H](C)CCC[C@H]2C)C1. The first-order valence-corrected chi connectivity index (χ1v) is 6.02. The lowest BCUT2D eigenvalue weighted by Gasteiger charge is -2.50. The van der Waals surface area contributed by atoms with Crippen molar-refractivity contribution < 1.29 is 4.74 Å². The maximum Gasteiger partial charge on any atom is 0.0601 e. The standard InChI is InChI=1S/C12H23NO/c1-9-5-4-6-10(2)13(9)11-7-12(8-11)14-3/h9-12H,4-8H2,1-3H3/t9-,10-,11?,12?/m1/s1. The van der Waals surface area contributed by atoms with Crippen LogP contribution in [-0.4, -0.2) is 36.2 Å². The summed E-state index contributed by atoms with van der Waals surface area (Å²) in [7, 11) is 1.84. The van der Waals surface area contributed by atoms with Crippen LogP contribution in [0.15, 0.2) is 0 Å². The molecule has 1 heterocycles. The third-order valence-corrected chi connectivity index (χ3v) is 4.09. The van der Waals surface area contributed by atoms with E-state index in [-0.39, 0.29) is 0 Å². The van der Waals surface area contributed by atoms with Gasteiger partial charge in [0.2, 0.25) is 0 Å². The Labute approximate surface area is 87.6 Å². The summed E-state index contributed by atoms with van der Waals surface area (Å²) in [5, 5.41) is 0. The summed E-state index contributed by atoms with van der Waals surface area (Å²) in [5.74, 6) is 0. The Morgan fingerprint density at radius 3 is 2.14 bits per heavy atom. The fourth-order valence-corrected chi connectivity index (χ4v) is 3.13. The van der Waals surface area contributed by atoms with Crippen molar-refractivity contribution in [1.82, 2.24) is 4.90 Å². The minimum absolute atomic E-state index is 0.543. The summed E-state index contributed by atoms with van der Waals surface area (Å²) in [6.07, 6.45) is 7.24. The van der Waals surface area contributed by atoms with E-state index >= 15 is 0 Å². The van der Waals surface area contributed by atoms with Gasteiger partial charge in [0, 0.05) is 25.2 Å². The molecule has 2 aliphatic rings. The molecule has 14 heavy (non-hydrogen) atoms. The summed E-state index contributed by atoms with van der Waals surface area (Å²) in [6, 6.07) is 2.40. The number of ether oxygens (including phenoxy) is 1. The van der Waals surface area contributed by atoms with E-state index in [0.717, 1.165) is 18.1 Å². The predicted octanol–water partition coefficient (Wildman–Crippen LogP) is 2.43. The summed E-state index contributed by atoms with van der Waals surface area (Å²) >= 11 is 0. The van der Waals surface area contributed by atoms with Crippen LogP contribution in [0.25, 0.3) is 0 Å². The van der Waals surface area contributed by atoms with E-state index in [4.69, 9.17) is 4.74 Å². The van der Waals surface area contributed by atoms with Crippen molar-refractivity contribution in [2.45, 2.75) is 70.2 Å². The Kier molecular flexibility index (Phi) is 3.13. The third kappa shape index (κ3) is 1.82. The van der Waals surface area contributed by atoms with Gasteiger partial charge in [0.25, 0.3) is 0 Å². The predicted molar refractivity (Wildman–Crippen MR) is 58.4 cm³/mol. The highest BCUT2D eigenvalue weighted by Gasteiger charge is 2.39. The summed E-state index contributed by atoms with van der Waals surface area (Å²) < 4.78 is 5.35. The van der Waals surface area contributed by atoms with E-state index in [2.05, 4.69) is 18.7 Å². The quantitative estimate of drug-likeness (QED) is 0.674. The van der Waals surface area contributed by atoms with E-state index in [1.165, 1.54) is 32.1 Å². The number of methoxy groups -OCH3 is 1. The topological polar surface area (TPSA) is 12.5 Å². The van der Waals surface area contributed by atoms with Gasteiger partial charge in [-0.3, -0.25) is 4.90 Å². The zero-order valence-corrected chi connectivity index (χ0v) is 9.70. The van der Waals surface area contributed by atoms with Crippen molar-refractivity contribution in [3.8, 4) is 0 Å². The van der Waals surface area contributed by atoms with Crippen LogP contribution in [0, 0.1) is 0 Å². The second kappa shape index (κ2) is 4.19. The van der Waals surface area contributed by atoms with Crippen molar-refractivity contribution in [2.24, 2.45) is 0 Å². The van der Waals surface area contributed by atoms with E-state index in [1.807, 2.05) is 7.11 Å². The van der Waals surface area contributed by atoms with E-state index in [0.29, 0.717) is 6.10 Å². The fourth-order valence-electron chi connectivity index (χ4n) is 3.13. The molecule has 2 rings (SSSR count). The molecule has 1 saturated carbocycles. The van der Waals surface area contributed by atoms with Gasteiger partial charge in [-0.05, 0) is 39.5 Å². The lowest BCUT2D eigenvalue weighted by atomic mass is 9.83. The molecule has 0 N–H and O–H groups in total. The third-order valence-electron chi connectivity index (χ3n) is 4.09. The number of hydrogen-bond donors (Lipinski definition) is 0. The molecular formula is C12H23NO. The molecule has 2 atom stereocenters. The van der Waals surface area contributed by atoms with Gasteiger partial charge in [-0.15, -0.1) is 0 Å². The highest BCUT2D eigenvalue weighted by molar-refractivity contribution is 4.93. The lowest BCUT2D eigenvalue weighted by molar-refractivity contribution is -0.0634. The van der Waals surface area contributed by atoms with Gasteiger partial charge in [0.1, 0.15) is 0 Å². The van der Waals surface area contributed by atoms with E-state index < -0.39 is 0 Å². The Morgan fingerprint density at radius 2 is 1.64 bits per heavy atom. The van der Waals surface area contributed by atoms with Crippen LogP contribution in [0.1, 0.15) is 46.0 Å². The van der Waals surface area contributed by atoms with Gasteiger partial charge in [-0.1, -0.05) is 6.42 Å². The molecule has 0 aromatic carbocycles. The number of likely N-dealkylation sites (tertiary alicyclic amines) is 1. The first kappa shape index (κ1) is 10.4. The molecule has 1 saturated heterocycles. The van der Waals surface area contributed by atoms with Gasteiger partial charge in [-0.2, -0.15) is 0 Å². The fraction of sp³-hybridized carbons (Fsp3) is 1.00. The van der Waals surface area contributed by atoms with Crippen molar-refractivity contribution in [1.29, 1.82) is 0 Å². The molecule has 0 aromatic heterocycles. The molecule has 0 amide bonds. The summed E-state index contributed by atoms with van der Waals surface area (Å²) in [4.78, 5) is 2.74. The molecule has 2 heteroatoms. The summed E-state index contributed by atoms with van der Waals surface area (Å²) in [6.45, 7) is 4.77. The highest BCUT2D eigenvalue weighted by Crippen LogP contribution is 2.34. The molecule has 0 bridgehead atoms. The molecule has 2 fully saturated rings. The largest absolute Gasteiger partial charge is 0.381 e. The maximum atomic E-state index is 5.35. The first-order chi connectivity index (χ1) is 6.72. The van der Waals surface area contributed by atoms with Gasteiger partial charge in [-0.25, -0.2) is 0 Å². The van der Waals surface area contributed by atoms with Crippen LogP contribution in [0.2, 0.25) is 0 Å². The van der Waals surface area contributed by atoms with Crippen LogP contribution in [0.5, 0.6) is 0 Å². The van der Waals surface area contributed by atoms with Crippen molar-refractivity contribution >= 4 is 0 Å². The molecule has 82 valence electrons. The molecule has 0 aromatic rings. The van der Waals surface area contributed by atoms with Crippen LogP contribution in [0.3, 0.4) is 0 Å². The Morgan fingerprint density at radius 1 is 1.07 bits per heavy atom. The summed E-state index contributed by atoms with van der Waals surface area (Å²) in [5.41, 5.74) is 0. The molecule has 1 aliphatic heterocycles. The van der Waals surface area contributed by atoms with Gasteiger partial charge in [0.05, 0.1) is 6.10 Å². The van der Waals surface area contributed by atoms with E-state index in [9.17, 15) is 0 Å². The zero-order valence-electron chi connectivity index (χ0n) is 9.70. The smallest absolute Gasteiger partial charge is 0.0601 e. The molecule has 2 nitrogen and oxygen atoms in total. The maximum absolute atomic E-state index is 5.35. The first-order valence-electron chi connectivity index (χ1n) is 6.02. The minimum atomic E-state index is 0.543. The average molecular weight is 197 g/mol. The second-order valence-corrected chi connectivity index (χ2v) is 5.06. The van der Waals surface area contributed by atoms with Crippen molar-refractivity contribution in [3.63, 3.8) is 0 Å². The van der Waals surface area contributed by atoms with Gasteiger partial charge >= 0.3 is 0 Å². The molecular weight excluding hydrogens is 174 g/mol. The number of nitrogens with zero attached hydrogens (tertiary/aromatic N) is 1. The van der Waals surface area contributed by atoms with Crippen LogP contribution in [-0.2, 0) is 4.74 Å². The van der Waals surface area contributed by atoms with Crippen LogP contribution >= 0.6 is 0 Å². The monoisotopic (exact) mass is 197 g/mol. The van der Waals surface area contributed by atoms with Gasteiger partial charge < -0.3 is 4.74 Å². The Balaban J connectivity index is 1.89. The second-order valence-electron chi connectivity index (χ2n) is 5.06. The number of hydrogen-bond acceptors (Lipinski definition) is 2. The molecule has 0 radical (unpaired) electrons. The zero-order chi connectivity index (χ0) is 10.1. The highest BCUT2D eigenvalue weighted by atomic mass is 16.5. The Hall–Kier alpha value is -0.0800. The van der Waals surface area contributed by atoms with Crippen LogP contribution in [0.4, 0.5) is 0 Å². The van der Waals surface area contributed by atoms with E-state index in [1.54, 1.807) is 0 Å².